The number of carbonyl (C=O) groups excluding carboxylic acids is 1. The number of ether oxygens (including phenoxy) is 2. The summed E-state index contributed by atoms with van der Waals surface area (Å²) in [6.45, 7) is 3.99. The van der Waals surface area contributed by atoms with Crippen LogP contribution in [0.4, 0.5) is 0 Å². The van der Waals surface area contributed by atoms with Gasteiger partial charge in [-0.1, -0.05) is 12.1 Å². The van der Waals surface area contributed by atoms with Crippen molar-refractivity contribution in [3.63, 3.8) is 0 Å². The van der Waals surface area contributed by atoms with Gasteiger partial charge in [0.2, 0.25) is 5.90 Å². The second-order valence-electron chi connectivity index (χ2n) is 5.80. The normalized spacial score (nSPS) is 15.4. The van der Waals surface area contributed by atoms with Crippen LogP contribution in [0, 0.1) is 7.14 Å². The first kappa shape index (κ1) is 19.8. The second-order valence-corrected chi connectivity index (χ2v) is 8.97. The smallest absolute Gasteiger partial charge is 0.363 e. The molecule has 1 aliphatic rings. The molecule has 0 radical (unpaired) electrons. The summed E-state index contributed by atoms with van der Waals surface area (Å²) in [5.74, 6) is 0.705. The quantitative estimate of drug-likeness (QED) is 0.242. The van der Waals surface area contributed by atoms with Crippen molar-refractivity contribution in [2.75, 3.05) is 0 Å². The Morgan fingerprint density at radius 2 is 1.85 bits per heavy atom. The number of hydrogen-bond donors (Lipinski definition) is 0. The molecule has 0 fully saturated rings. The second kappa shape index (κ2) is 8.39. The Labute approximate surface area is 187 Å². The number of nitrogens with zero attached hydrogens (tertiary/aromatic N) is 1. The topological polar surface area (TPSA) is 47.9 Å². The molecule has 0 aromatic heterocycles. The van der Waals surface area contributed by atoms with Gasteiger partial charge in [0.15, 0.2) is 5.70 Å². The van der Waals surface area contributed by atoms with Crippen molar-refractivity contribution in [2.24, 2.45) is 4.99 Å². The third-order valence-corrected chi connectivity index (χ3v) is 5.70. The minimum Gasteiger partial charge on any atom is -0.489 e. The van der Waals surface area contributed by atoms with Crippen molar-refractivity contribution in [3.05, 3.63) is 64.8 Å². The third kappa shape index (κ3) is 4.48. The summed E-state index contributed by atoms with van der Waals surface area (Å²) >= 11 is 7.93. The maximum atomic E-state index is 12.2. The van der Waals surface area contributed by atoms with Gasteiger partial charge in [-0.15, -0.1) is 0 Å². The van der Waals surface area contributed by atoms with E-state index in [1.165, 1.54) is 0 Å². The fraction of sp³-hybridized carbons (Fsp3) is 0.158. The summed E-state index contributed by atoms with van der Waals surface area (Å²) in [7, 11) is 0. The molecular formula is C19H14BrI2NO3. The highest BCUT2D eigenvalue weighted by Crippen LogP contribution is 2.31. The van der Waals surface area contributed by atoms with E-state index in [9.17, 15) is 4.79 Å². The van der Waals surface area contributed by atoms with Crippen LogP contribution in [0.5, 0.6) is 5.75 Å². The van der Waals surface area contributed by atoms with Gasteiger partial charge in [0.25, 0.3) is 0 Å². The number of rotatable bonds is 4. The highest BCUT2D eigenvalue weighted by Gasteiger charge is 2.25. The molecule has 26 heavy (non-hydrogen) atoms. The predicted molar refractivity (Wildman–Crippen MR) is 122 cm³/mol. The zero-order valence-electron chi connectivity index (χ0n) is 13.9. The first-order valence-corrected chi connectivity index (χ1v) is 10.7. The van der Waals surface area contributed by atoms with Crippen LogP contribution in [0.15, 0.2) is 51.6 Å². The molecule has 0 bridgehead atoms. The van der Waals surface area contributed by atoms with Crippen LogP contribution >= 0.6 is 61.1 Å². The van der Waals surface area contributed by atoms with Gasteiger partial charge in [-0.05, 0) is 111 Å². The largest absolute Gasteiger partial charge is 0.489 e. The predicted octanol–water partition coefficient (Wildman–Crippen LogP) is 5.79. The zero-order valence-corrected chi connectivity index (χ0v) is 19.8. The highest BCUT2D eigenvalue weighted by atomic mass is 127. The van der Waals surface area contributed by atoms with Gasteiger partial charge in [0.1, 0.15) is 5.75 Å². The van der Waals surface area contributed by atoms with Gasteiger partial charge >= 0.3 is 5.97 Å². The zero-order chi connectivity index (χ0) is 18.8. The Morgan fingerprint density at radius 1 is 1.19 bits per heavy atom. The third-order valence-electron chi connectivity index (χ3n) is 3.40. The van der Waals surface area contributed by atoms with Crippen LogP contribution in [0.1, 0.15) is 25.0 Å². The maximum absolute atomic E-state index is 12.2. The lowest BCUT2D eigenvalue weighted by Gasteiger charge is -2.14. The summed E-state index contributed by atoms with van der Waals surface area (Å²) < 4.78 is 14.0. The van der Waals surface area contributed by atoms with Crippen LogP contribution in [0.3, 0.4) is 0 Å². The first-order valence-electron chi connectivity index (χ1n) is 7.78. The summed E-state index contributed by atoms with van der Waals surface area (Å²) in [6, 6.07) is 11.4. The fourth-order valence-electron chi connectivity index (χ4n) is 2.33. The molecule has 2 aromatic carbocycles. The Bertz CT molecular complexity index is 915. The number of benzene rings is 2. The summed E-state index contributed by atoms with van der Waals surface area (Å²) in [5.41, 5.74) is 1.90. The SMILES string of the molecule is CC(C)Oc1c(I)cc(/C=C2\N=C(c3ccccc3Br)OC2=O)cc1I. The Balaban J connectivity index is 1.95. The average Bonchev–Trinajstić information content (AvgIpc) is 2.92. The minimum atomic E-state index is -0.455. The molecule has 4 nitrogen and oxygen atoms in total. The number of halogens is 3. The molecule has 0 saturated carbocycles. The molecule has 1 heterocycles. The molecule has 2 aromatic rings. The summed E-state index contributed by atoms with van der Waals surface area (Å²) in [6.07, 6.45) is 1.83. The van der Waals surface area contributed by atoms with E-state index in [1.807, 2.05) is 50.2 Å². The maximum Gasteiger partial charge on any atom is 0.363 e. The number of aliphatic imine (C=N–C) groups is 1. The average molecular weight is 638 g/mol. The van der Waals surface area contributed by atoms with Crippen LogP contribution in [0.25, 0.3) is 6.08 Å². The number of cyclic esters (lactones) is 1. The van der Waals surface area contributed by atoms with E-state index < -0.39 is 5.97 Å². The highest BCUT2D eigenvalue weighted by molar-refractivity contribution is 14.1. The molecule has 134 valence electrons. The molecule has 3 rings (SSSR count). The summed E-state index contributed by atoms with van der Waals surface area (Å²) in [4.78, 5) is 16.6. The lowest BCUT2D eigenvalue weighted by Crippen LogP contribution is -2.08. The standard InChI is InChI=1S/C19H14BrI2NO3/c1-10(2)25-17-14(21)7-11(8-15(17)22)9-16-19(24)26-18(23-16)12-5-3-4-6-13(12)20/h3-10H,1-2H3/b16-9-. The van der Waals surface area contributed by atoms with Crippen molar-refractivity contribution in [2.45, 2.75) is 20.0 Å². The van der Waals surface area contributed by atoms with Crippen molar-refractivity contribution in [3.8, 4) is 5.75 Å². The number of hydrogen-bond acceptors (Lipinski definition) is 4. The molecule has 0 N–H and O–H groups in total. The first-order chi connectivity index (χ1) is 12.3. The van der Waals surface area contributed by atoms with Gasteiger partial charge in [0, 0.05) is 4.47 Å². The molecule has 0 spiro atoms. The Hall–Kier alpha value is -0.940. The number of carbonyl (C=O) groups is 1. The van der Waals surface area contributed by atoms with Gasteiger partial charge in [-0.3, -0.25) is 0 Å². The van der Waals surface area contributed by atoms with Crippen LogP contribution < -0.4 is 4.74 Å². The van der Waals surface area contributed by atoms with E-state index >= 15 is 0 Å². The Morgan fingerprint density at radius 3 is 2.46 bits per heavy atom. The monoisotopic (exact) mass is 637 g/mol. The molecule has 7 heteroatoms. The minimum absolute atomic E-state index is 0.0996. The van der Waals surface area contributed by atoms with Gasteiger partial charge in [0.05, 0.1) is 18.8 Å². The van der Waals surface area contributed by atoms with E-state index in [4.69, 9.17) is 9.47 Å². The lowest BCUT2D eigenvalue weighted by molar-refractivity contribution is -0.129. The molecule has 0 atom stereocenters. The number of esters is 1. The van der Waals surface area contributed by atoms with Crippen LogP contribution in [-0.4, -0.2) is 18.0 Å². The van der Waals surface area contributed by atoms with Gasteiger partial charge < -0.3 is 9.47 Å². The van der Waals surface area contributed by atoms with Crippen molar-refractivity contribution in [1.82, 2.24) is 0 Å². The molecule has 0 amide bonds. The molecule has 0 saturated heterocycles. The Kier molecular flexibility index (Phi) is 6.39. The van der Waals surface area contributed by atoms with E-state index in [0.717, 1.165) is 28.5 Å². The van der Waals surface area contributed by atoms with E-state index in [2.05, 4.69) is 66.1 Å². The van der Waals surface area contributed by atoms with E-state index in [0.29, 0.717) is 5.90 Å². The van der Waals surface area contributed by atoms with Crippen molar-refractivity contribution >= 4 is 79.1 Å². The molecule has 0 unspecified atom stereocenters. The molecule has 0 aliphatic carbocycles. The molecule has 1 aliphatic heterocycles. The summed E-state index contributed by atoms with van der Waals surface area (Å²) in [5, 5.41) is 0. The molecular weight excluding hydrogens is 624 g/mol. The van der Waals surface area contributed by atoms with Crippen LogP contribution in [-0.2, 0) is 9.53 Å². The van der Waals surface area contributed by atoms with Gasteiger partial charge in [-0.25, -0.2) is 9.79 Å². The van der Waals surface area contributed by atoms with Crippen molar-refractivity contribution < 1.29 is 14.3 Å². The lowest BCUT2D eigenvalue weighted by atomic mass is 10.2. The van der Waals surface area contributed by atoms with E-state index in [1.54, 1.807) is 6.08 Å². The van der Waals surface area contributed by atoms with Crippen LogP contribution in [0.2, 0.25) is 0 Å². The fourth-order valence-corrected chi connectivity index (χ4v) is 4.85. The van der Waals surface area contributed by atoms with E-state index in [-0.39, 0.29) is 11.8 Å². The van der Waals surface area contributed by atoms with Crippen molar-refractivity contribution in [1.29, 1.82) is 0 Å². The van der Waals surface area contributed by atoms with Gasteiger partial charge in [-0.2, -0.15) is 0 Å².